The summed E-state index contributed by atoms with van der Waals surface area (Å²) in [5.41, 5.74) is 0. The van der Waals surface area contributed by atoms with Gasteiger partial charge in [-0.3, -0.25) is 9.59 Å². The predicted octanol–water partition coefficient (Wildman–Crippen LogP) is -3.90. The molecule has 0 saturated carbocycles. The van der Waals surface area contributed by atoms with Gasteiger partial charge in [0.2, 0.25) is 5.91 Å². The summed E-state index contributed by atoms with van der Waals surface area (Å²) in [5, 5.41) is 47.9. The van der Waals surface area contributed by atoms with Gasteiger partial charge < -0.3 is 35.6 Å². The fourth-order valence-electron chi connectivity index (χ4n) is 1.17. The average Bonchev–Trinajstić information content (AvgIpc) is 2.41. The summed E-state index contributed by atoms with van der Waals surface area (Å²) in [5.74, 6) is -1.49. The first-order valence-electron chi connectivity index (χ1n) is 5.50. The number of rotatable bonds is 8. The molecule has 9 nitrogen and oxygen atoms in total. The molecule has 0 spiro atoms. The van der Waals surface area contributed by atoms with E-state index in [1.165, 1.54) is 0 Å². The van der Waals surface area contributed by atoms with Crippen molar-refractivity contribution in [1.29, 1.82) is 0 Å². The Labute approximate surface area is 109 Å². The van der Waals surface area contributed by atoms with Crippen molar-refractivity contribution >= 4 is 11.9 Å². The molecule has 0 fully saturated rings. The van der Waals surface area contributed by atoms with Gasteiger partial charge in [-0.2, -0.15) is 0 Å². The summed E-state index contributed by atoms with van der Waals surface area (Å²) < 4.78 is 4.25. The smallest absolute Gasteiger partial charge is 0.315 e. The number of carbonyl (C=O) groups is 2. The van der Waals surface area contributed by atoms with Gasteiger partial charge in [-0.05, 0) is 0 Å². The van der Waals surface area contributed by atoms with Crippen LogP contribution in [-0.2, 0) is 14.3 Å². The van der Waals surface area contributed by atoms with Crippen molar-refractivity contribution in [3.05, 3.63) is 0 Å². The Morgan fingerprint density at radius 2 is 1.63 bits per heavy atom. The van der Waals surface area contributed by atoms with Crippen LogP contribution in [0.5, 0.6) is 0 Å². The highest BCUT2D eigenvalue weighted by Gasteiger charge is 2.30. The monoisotopic (exact) mass is 281 g/mol. The summed E-state index contributed by atoms with van der Waals surface area (Å²) in [6, 6.07) is 0. The molecule has 4 atom stereocenters. The van der Waals surface area contributed by atoms with Crippen molar-refractivity contribution < 1.29 is 39.9 Å². The van der Waals surface area contributed by atoms with Crippen LogP contribution in [0.4, 0.5) is 0 Å². The Bertz CT molecular complexity index is 297. The molecule has 0 aromatic rings. The number of esters is 1. The van der Waals surface area contributed by atoms with Gasteiger partial charge in [-0.25, -0.2) is 0 Å². The fourth-order valence-corrected chi connectivity index (χ4v) is 1.17. The molecule has 112 valence electrons. The molecule has 0 unspecified atom stereocenters. The summed E-state index contributed by atoms with van der Waals surface area (Å²) in [7, 11) is 1.11. The molecule has 0 heterocycles. The van der Waals surface area contributed by atoms with E-state index in [1.807, 2.05) is 0 Å². The van der Waals surface area contributed by atoms with Crippen LogP contribution in [-0.4, -0.2) is 82.1 Å². The lowest BCUT2D eigenvalue weighted by Crippen LogP contribution is -2.49. The van der Waals surface area contributed by atoms with Crippen molar-refractivity contribution in [2.24, 2.45) is 0 Å². The minimum Gasteiger partial charge on any atom is -0.469 e. The molecule has 0 saturated heterocycles. The van der Waals surface area contributed by atoms with Crippen LogP contribution in [0.1, 0.15) is 6.42 Å². The van der Waals surface area contributed by atoms with Gasteiger partial charge >= 0.3 is 5.97 Å². The van der Waals surface area contributed by atoms with Gasteiger partial charge in [-0.15, -0.1) is 0 Å². The van der Waals surface area contributed by atoms with Crippen molar-refractivity contribution in [1.82, 2.24) is 5.32 Å². The molecule has 0 bridgehead atoms. The van der Waals surface area contributed by atoms with E-state index in [9.17, 15) is 24.9 Å². The average molecular weight is 281 g/mol. The van der Waals surface area contributed by atoms with E-state index in [1.54, 1.807) is 0 Å². The molecule has 19 heavy (non-hydrogen) atoms. The third-order valence-corrected chi connectivity index (χ3v) is 2.37. The molecule has 0 aromatic heterocycles. The molecule has 6 N–H and O–H groups in total. The first kappa shape index (κ1) is 17.7. The quantitative estimate of drug-likeness (QED) is 0.195. The van der Waals surface area contributed by atoms with Crippen LogP contribution < -0.4 is 5.32 Å². The number of aliphatic hydroxyl groups excluding tert-OH is 5. The van der Waals surface area contributed by atoms with Crippen LogP contribution in [0.25, 0.3) is 0 Å². The fraction of sp³-hybridized carbons (Fsp3) is 0.800. The van der Waals surface area contributed by atoms with Crippen molar-refractivity contribution in [3.63, 3.8) is 0 Å². The lowest BCUT2D eigenvalue weighted by Gasteiger charge is -2.25. The largest absolute Gasteiger partial charge is 0.469 e. The zero-order chi connectivity index (χ0) is 15.0. The normalized spacial score (nSPS) is 17.2. The Balaban J connectivity index is 4.12. The Kier molecular flexibility index (Phi) is 8.19. The van der Waals surface area contributed by atoms with E-state index in [0.29, 0.717) is 0 Å². The summed E-state index contributed by atoms with van der Waals surface area (Å²) >= 11 is 0. The third kappa shape index (κ3) is 6.45. The number of methoxy groups -OCH3 is 1. The second-order valence-corrected chi connectivity index (χ2v) is 3.86. The number of nitrogens with one attached hydrogen (secondary N) is 1. The van der Waals surface area contributed by atoms with Crippen molar-refractivity contribution in [3.8, 4) is 0 Å². The van der Waals surface area contributed by atoms with Gasteiger partial charge in [-0.1, -0.05) is 0 Å². The van der Waals surface area contributed by atoms with Gasteiger partial charge in [0.1, 0.15) is 24.7 Å². The lowest BCUT2D eigenvalue weighted by atomic mass is 10.0. The summed E-state index contributed by atoms with van der Waals surface area (Å²) in [4.78, 5) is 21.9. The van der Waals surface area contributed by atoms with Gasteiger partial charge in [0.05, 0.1) is 19.8 Å². The highest BCUT2D eigenvalue weighted by atomic mass is 16.5. The second-order valence-electron chi connectivity index (χ2n) is 3.86. The first-order valence-corrected chi connectivity index (χ1v) is 5.50. The maximum Gasteiger partial charge on any atom is 0.315 e. The van der Waals surface area contributed by atoms with E-state index < -0.39 is 55.9 Å². The topological polar surface area (TPSA) is 157 Å². The van der Waals surface area contributed by atoms with Crippen LogP contribution in [0.3, 0.4) is 0 Å². The highest BCUT2D eigenvalue weighted by molar-refractivity contribution is 5.94. The summed E-state index contributed by atoms with van der Waals surface area (Å²) in [6.45, 7) is -1.23. The number of amides is 1. The number of hydrogen-bond acceptors (Lipinski definition) is 8. The molecule has 9 heteroatoms. The van der Waals surface area contributed by atoms with Gasteiger partial charge in [0.15, 0.2) is 0 Å². The van der Waals surface area contributed by atoms with E-state index in [0.717, 1.165) is 7.11 Å². The van der Waals surface area contributed by atoms with Crippen LogP contribution in [0, 0.1) is 0 Å². The minimum absolute atomic E-state index is 0.438. The SMILES string of the molecule is COC(=O)CC(=O)NC[C@H](O)[C@@H](O)[C@H](O)[C@H](O)CO. The standard InChI is InChI=1S/C10H19NO8/c1-19-8(16)2-7(15)11-3-5(13)9(17)10(18)6(14)4-12/h5-6,9-10,12-14,17-18H,2-4H2,1H3,(H,11,15)/t5-,6+,9+,10+/m0/s1. The van der Waals surface area contributed by atoms with E-state index in [2.05, 4.69) is 10.1 Å². The van der Waals surface area contributed by atoms with Gasteiger partial charge in [0, 0.05) is 6.54 Å². The van der Waals surface area contributed by atoms with E-state index >= 15 is 0 Å². The minimum atomic E-state index is -1.77. The second kappa shape index (κ2) is 8.77. The number of ether oxygens (including phenoxy) is 1. The van der Waals surface area contributed by atoms with E-state index in [4.69, 9.17) is 10.2 Å². The Morgan fingerprint density at radius 3 is 2.11 bits per heavy atom. The third-order valence-electron chi connectivity index (χ3n) is 2.37. The molecule has 0 aliphatic heterocycles. The zero-order valence-corrected chi connectivity index (χ0v) is 10.4. The molecule has 0 aromatic carbocycles. The first-order chi connectivity index (χ1) is 8.83. The van der Waals surface area contributed by atoms with Crippen molar-refractivity contribution in [2.75, 3.05) is 20.3 Å². The number of carbonyl (C=O) groups excluding carboxylic acids is 2. The number of aliphatic hydroxyl groups is 5. The molecule has 0 radical (unpaired) electrons. The maximum absolute atomic E-state index is 11.1. The molecular formula is C10H19NO8. The molecule has 0 aliphatic rings. The Morgan fingerprint density at radius 1 is 1.11 bits per heavy atom. The lowest BCUT2D eigenvalue weighted by molar-refractivity contribution is -0.144. The van der Waals surface area contributed by atoms with E-state index in [-0.39, 0.29) is 0 Å². The molecule has 1 amide bonds. The van der Waals surface area contributed by atoms with Crippen LogP contribution in [0.2, 0.25) is 0 Å². The van der Waals surface area contributed by atoms with Gasteiger partial charge in [0.25, 0.3) is 0 Å². The maximum atomic E-state index is 11.1. The molecule has 0 aliphatic carbocycles. The predicted molar refractivity (Wildman–Crippen MR) is 60.8 cm³/mol. The number of hydrogen-bond donors (Lipinski definition) is 6. The van der Waals surface area contributed by atoms with Crippen molar-refractivity contribution in [2.45, 2.75) is 30.8 Å². The highest BCUT2D eigenvalue weighted by Crippen LogP contribution is 2.04. The van der Waals surface area contributed by atoms with Crippen LogP contribution in [0.15, 0.2) is 0 Å². The molecule has 0 rings (SSSR count). The van der Waals surface area contributed by atoms with Crippen LogP contribution >= 0.6 is 0 Å². The Hall–Kier alpha value is -1.26. The molecular weight excluding hydrogens is 262 g/mol. The zero-order valence-electron chi connectivity index (χ0n) is 10.4. The summed E-state index contributed by atoms with van der Waals surface area (Å²) in [6.07, 6.45) is -7.26.